The molecule has 0 fully saturated rings. The molecule has 24 heavy (non-hydrogen) atoms. The third-order valence-electron chi connectivity index (χ3n) is 3.74. The lowest BCUT2D eigenvalue weighted by Crippen LogP contribution is -2.38. The molecule has 7 heteroatoms. The van der Waals surface area contributed by atoms with Crippen molar-refractivity contribution in [2.45, 2.75) is 39.3 Å². The summed E-state index contributed by atoms with van der Waals surface area (Å²) in [5.74, 6) is 0.874. The van der Waals surface area contributed by atoms with Crippen molar-refractivity contribution in [3.05, 3.63) is 40.1 Å². The number of hydrogen-bond acceptors (Lipinski definition) is 3. The molecule has 0 radical (unpaired) electrons. The van der Waals surface area contributed by atoms with Gasteiger partial charge in [-0.1, -0.05) is 20.8 Å². The molecule has 0 aliphatic carbocycles. The van der Waals surface area contributed by atoms with Gasteiger partial charge in [0, 0.05) is 43.8 Å². The van der Waals surface area contributed by atoms with Gasteiger partial charge >= 0.3 is 0 Å². The third kappa shape index (κ3) is 5.47. The van der Waals surface area contributed by atoms with E-state index >= 15 is 0 Å². The Balaban J connectivity index is 0.00000288. The number of nitrogens with one attached hydrogen (secondary N) is 1. The van der Waals surface area contributed by atoms with E-state index in [9.17, 15) is 0 Å². The number of aliphatic imine (C=N–C) groups is 1. The van der Waals surface area contributed by atoms with Crippen molar-refractivity contribution in [2.24, 2.45) is 12.0 Å². The number of guanidine groups is 1. The summed E-state index contributed by atoms with van der Waals surface area (Å²) < 4.78 is 2.13. The Morgan fingerprint density at radius 3 is 2.62 bits per heavy atom. The molecular weight excluding hydrogens is 433 g/mol. The molecule has 5 nitrogen and oxygen atoms in total. The van der Waals surface area contributed by atoms with Crippen molar-refractivity contribution in [1.29, 1.82) is 0 Å². The maximum absolute atomic E-state index is 4.72. The summed E-state index contributed by atoms with van der Waals surface area (Å²) in [6, 6.07) is 4.18. The van der Waals surface area contributed by atoms with E-state index in [2.05, 4.69) is 71.3 Å². The van der Waals surface area contributed by atoms with Crippen molar-refractivity contribution in [2.75, 3.05) is 14.1 Å². The topological polar surface area (TPSA) is 45.5 Å². The van der Waals surface area contributed by atoms with E-state index in [4.69, 9.17) is 4.98 Å². The molecule has 0 spiro atoms. The monoisotopic (exact) mass is 461 g/mol. The van der Waals surface area contributed by atoms with Crippen molar-refractivity contribution in [3.8, 4) is 0 Å². The number of nitrogens with zero attached hydrogens (tertiary/aromatic N) is 4. The summed E-state index contributed by atoms with van der Waals surface area (Å²) in [5, 5.41) is 6.63. The average molecular weight is 461 g/mol. The zero-order valence-electron chi connectivity index (χ0n) is 15.3. The highest BCUT2D eigenvalue weighted by Crippen LogP contribution is 2.23. The van der Waals surface area contributed by atoms with Crippen molar-refractivity contribution in [3.63, 3.8) is 0 Å². The van der Waals surface area contributed by atoms with E-state index in [1.807, 2.05) is 14.1 Å². The predicted molar refractivity (Wildman–Crippen MR) is 113 cm³/mol. The van der Waals surface area contributed by atoms with E-state index in [0.717, 1.165) is 23.2 Å². The van der Waals surface area contributed by atoms with Gasteiger partial charge in [0.15, 0.2) is 5.96 Å². The lowest BCUT2D eigenvalue weighted by molar-refractivity contribution is 0.461. The van der Waals surface area contributed by atoms with Crippen molar-refractivity contribution >= 4 is 41.3 Å². The first-order chi connectivity index (χ1) is 10.8. The zero-order valence-corrected chi connectivity index (χ0v) is 18.5. The van der Waals surface area contributed by atoms with Gasteiger partial charge in [0.1, 0.15) is 5.01 Å². The van der Waals surface area contributed by atoms with Crippen LogP contribution in [0.2, 0.25) is 0 Å². The molecule has 2 aromatic rings. The Morgan fingerprint density at radius 1 is 1.42 bits per heavy atom. The minimum atomic E-state index is 0. The van der Waals surface area contributed by atoms with Crippen LogP contribution in [0.15, 0.2) is 28.7 Å². The van der Waals surface area contributed by atoms with Crippen molar-refractivity contribution in [1.82, 2.24) is 19.8 Å². The van der Waals surface area contributed by atoms with E-state index in [-0.39, 0.29) is 29.4 Å². The van der Waals surface area contributed by atoms with Crippen LogP contribution in [0.3, 0.4) is 0 Å². The lowest BCUT2D eigenvalue weighted by Gasteiger charge is -2.22. The molecule has 0 aromatic carbocycles. The molecule has 134 valence electrons. The largest absolute Gasteiger partial charge is 0.353 e. The second-order valence-corrected chi connectivity index (χ2v) is 7.69. The van der Waals surface area contributed by atoms with Gasteiger partial charge in [-0.15, -0.1) is 35.3 Å². The molecule has 0 amide bonds. The smallest absolute Gasteiger partial charge is 0.194 e. The van der Waals surface area contributed by atoms with Gasteiger partial charge in [-0.05, 0) is 12.1 Å². The van der Waals surface area contributed by atoms with Gasteiger partial charge in [-0.2, -0.15) is 0 Å². The first-order valence-electron chi connectivity index (χ1n) is 7.78. The van der Waals surface area contributed by atoms with Crippen LogP contribution >= 0.6 is 35.3 Å². The molecule has 2 heterocycles. The Morgan fingerprint density at radius 2 is 2.12 bits per heavy atom. The van der Waals surface area contributed by atoms with E-state index < -0.39 is 0 Å². The molecule has 2 aromatic heterocycles. The van der Waals surface area contributed by atoms with Gasteiger partial charge < -0.3 is 14.8 Å². The van der Waals surface area contributed by atoms with Gasteiger partial charge in [0.25, 0.3) is 0 Å². The van der Waals surface area contributed by atoms with Crippen LogP contribution in [0.4, 0.5) is 0 Å². The quantitative estimate of drug-likeness (QED) is 0.430. The van der Waals surface area contributed by atoms with Gasteiger partial charge in [0.2, 0.25) is 0 Å². The summed E-state index contributed by atoms with van der Waals surface area (Å²) in [5.41, 5.74) is 2.49. The minimum absolute atomic E-state index is 0. The molecule has 0 aliphatic rings. The number of hydrogen-bond donors (Lipinski definition) is 1. The van der Waals surface area contributed by atoms with Crippen LogP contribution in [0, 0.1) is 0 Å². The third-order valence-corrected chi connectivity index (χ3v) is 4.59. The summed E-state index contributed by atoms with van der Waals surface area (Å²) in [4.78, 5) is 11.2. The SMILES string of the molecule is CN=C(NCc1nc(C(C)(C)C)cs1)N(C)Cc1cccn1C.I. The molecule has 0 saturated heterocycles. The Hall–Kier alpha value is -1.09. The van der Waals surface area contributed by atoms with Gasteiger partial charge in [0.05, 0.1) is 18.8 Å². The number of aryl methyl sites for hydroxylation is 1. The number of thiazole rings is 1. The molecule has 0 aliphatic heterocycles. The summed E-state index contributed by atoms with van der Waals surface area (Å²) in [6.07, 6.45) is 2.06. The summed E-state index contributed by atoms with van der Waals surface area (Å²) >= 11 is 1.70. The highest BCUT2D eigenvalue weighted by atomic mass is 127. The van der Waals surface area contributed by atoms with Crippen LogP contribution in [0.5, 0.6) is 0 Å². The lowest BCUT2D eigenvalue weighted by atomic mass is 9.93. The van der Waals surface area contributed by atoms with E-state index in [0.29, 0.717) is 6.54 Å². The fourth-order valence-corrected chi connectivity index (χ4v) is 3.22. The van der Waals surface area contributed by atoms with Gasteiger partial charge in [-0.3, -0.25) is 4.99 Å². The Bertz CT molecular complexity index is 669. The van der Waals surface area contributed by atoms with Gasteiger partial charge in [-0.25, -0.2) is 4.98 Å². The normalized spacial score (nSPS) is 12.0. The fraction of sp³-hybridized carbons (Fsp3) is 0.529. The van der Waals surface area contributed by atoms with E-state index in [1.54, 1.807) is 11.3 Å². The van der Waals surface area contributed by atoms with Crippen LogP contribution in [0.25, 0.3) is 0 Å². The van der Waals surface area contributed by atoms with Crippen LogP contribution < -0.4 is 5.32 Å². The molecular formula is C17H28IN5S. The Labute approximate surface area is 166 Å². The molecule has 1 N–H and O–H groups in total. The highest BCUT2D eigenvalue weighted by molar-refractivity contribution is 14.0. The first-order valence-corrected chi connectivity index (χ1v) is 8.66. The second kappa shape index (κ2) is 8.84. The molecule has 0 atom stereocenters. The average Bonchev–Trinajstić information content (AvgIpc) is 3.09. The fourth-order valence-electron chi connectivity index (χ4n) is 2.25. The standard InChI is InChI=1S/C17H27N5S.HI/c1-17(2,3)14-12-23-15(20-14)10-19-16(18-4)22(6)11-13-8-7-9-21(13)5;/h7-9,12H,10-11H2,1-6H3,(H,18,19);1H. The molecule has 0 saturated carbocycles. The first kappa shape index (κ1) is 21.0. The number of rotatable bonds is 4. The summed E-state index contributed by atoms with van der Waals surface area (Å²) in [7, 11) is 5.92. The molecule has 2 rings (SSSR count). The number of halogens is 1. The Kier molecular flexibility index (Phi) is 7.72. The maximum Gasteiger partial charge on any atom is 0.194 e. The predicted octanol–water partition coefficient (Wildman–Crippen LogP) is 3.60. The van der Waals surface area contributed by atoms with E-state index in [1.165, 1.54) is 5.69 Å². The second-order valence-electron chi connectivity index (χ2n) is 6.74. The zero-order chi connectivity index (χ0) is 17.0. The van der Waals surface area contributed by atoms with Crippen LogP contribution in [-0.4, -0.2) is 34.5 Å². The maximum atomic E-state index is 4.72. The summed E-state index contributed by atoms with van der Waals surface area (Å²) in [6.45, 7) is 8.07. The van der Waals surface area contributed by atoms with Crippen LogP contribution in [-0.2, 0) is 25.6 Å². The van der Waals surface area contributed by atoms with Crippen LogP contribution in [0.1, 0.15) is 37.2 Å². The number of aromatic nitrogens is 2. The van der Waals surface area contributed by atoms with Crippen molar-refractivity contribution < 1.29 is 0 Å². The molecule has 0 unspecified atom stereocenters. The highest BCUT2D eigenvalue weighted by Gasteiger charge is 2.17. The minimum Gasteiger partial charge on any atom is -0.353 e. The molecule has 0 bridgehead atoms.